The van der Waals surface area contributed by atoms with E-state index in [1.807, 2.05) is 6.07 Å². The molecule has 35 heavy (non-hydrogen) atoms. The first kappa shape index (κ1) is 23.8. The van der Waals surface area contributed by atoms with Crippen LogP contribution in [0, 0.1) is 0 Å². The number of esters is 1. The van der Waals surface area contributed by atoms with Gasteiger partial charge in [-0.3, -0.25) is 4.79 Å². The number of carbonyl (C=O) groups is 2. The summed E-state index contributed by atoms with van der Waals surface area (Å²) in [4.78, 5) is 28.7. The number of benzene rings is 2. The van der Waals surface area contributed by atoms with Crippen LogP contribution < -0.4 is 10.1 Å². The zero-order valence-corrected chi connectivity index (χ0v) is 18.7. The first-order valence-corrected chi connectivity index (χ1v) is 10.6. The van der Waals surface area contributed by atoms with Gasteiger partial charge in [-0.25, -0.2) is 9.78 Å². The predicted molar refractivity (Wildman–Crippen MR) is 123 cm³/mol. The summed E-state index contributed by atoms with van der Waals surface area (Å²) in [7, 11) is 1.73. The molecule has 0 aliphatic carbocycles. The van der Waals surface area contributed by atoms with E-state index >= 15 is 0 Å². The number of nitrogens with one attached hydrogen (secondary N) is 1. The van der Waals surface area contributed by atoms with E-state index in [0.717, 1.165) is 29.7 Å². The third-order valence-electron chi connectivity index (χ3n) is 5.19. The number of aryl methyl sites for hydroxylation is 1. The zero-order chi connectivity index (χ0) is 25.2. The van der Waals surface area contributed by atoms with Crippen molar-refractivity contribution in [1.29, 1.82) is 0 Å². The van der Waals surface area contributed by atoms with Gasteiger partial charge in [0.25, 0.3) is 5.91 Å². The fourth-order valence-electron chi connectivity index (χ4n) is 3.50. The number of pyridine rings is 1. The van der Waals surface area contributed by atoms with E-state index in [9.17, 15) is 22.8 Å². The molecule has 0 aliphatic rings. The predicted octanol–water partition coefficient (Wildman–Crippen LogP) is 5.81. The van der Waals surface area contributed by atoms with E-state index < -0.39 is 23.6 Å². The molecule has 1 amide bonds. The molecule has 0 spiro atoms. The van der Waals surface area contributed by atoms with Crippen molar-refractivity contribution in [3.05, 3.63) is 83.7 Å². The lowest BCUT2D eigenvalue weighted by Gasteiger charge is -2.10. The Balaban J connectivity index is 1.49. The largest absolute Gasteiger partial charge is 0.461 e. The first-order chi connectivity index (χ1) is 16.7. The van der Waals surface area contributed by atoms with Crippen molar-refractivity contribution in [2.45, 2.75) is 13.1 Å². The molecule has 10 heteroatoms. The monoisotopic (exact) mass is 483 g/mol. The van der Waals surface area contributed by atoms with E-state index in [2.05, 4.69) is 10.3 Å². The zero-order valence-electron chi connectivity index (χ0n) is 18.7. The molecule has 7 nitrogen and oxygen atoms in total. The van der Waals surface area contributed by atoms with Crippen LogP contribution in [0.3, 0.4) is 0 Å². The van der Waals surface area contributed by atoms with Crippen LogP contribution in [0.15, 0.2) is 66.9 Å². The molecule has 0 bridgehead atoms. The summed E-state index contributed by atoms with van der Waals surface area (Å²) in [6.45, 7) is 1.99. The lowest BCUT2D eigenvalue weighted by Crippen LogP contribution is -2.13. The van der Waals surface area contributed by atoms with Crippen molar-refractivity contribution in [3.8, 4) is 11.6 Å². The Kier molecular flexibility index (Phi) is 6.46. The van der Waals surface area contributed by atoms with Crippen LogP contribution >= 0.6 is 0 Å². The highest BCUT2D eigenvalue weighted by atomic mass is 19.4. The molecule has 0 fully saturated rings. The number of alkyl halides is 3. The highest BCUT2D eigenvalue weighted by Gasteiger charge is 2.30. The fourth-order valence-corrected chi connectivity index (χ4v) is 3.50. The minimum absolute atomic E-state index is 0.0751. The van der Waals surface area contributed by atoms with Crippen LogP contribution in [0.25, 0.3) is 10.9 Å². The molecule has 0 atom stereocenters. The van der Waals surface area contributed by atoms with E-state index in [-0.39, 0.29) is 18.1 Å². The molecule has 2 aromatic heterocycles. The summed E-state index contributed by atoms with van der Waals surface area (Å²) >= 11 is 0. The van der Waals surface area contributed by atoms with Crippen LogP contribution in [0.2, 0.25) is 0 Å². The standard InChI is InChI=1S/C25H20F3N3O4/c1-3-34-24(33)19-13-16-5-4-6-20(22(16)31(19)2)35-21-12-11-18(14-29-21)30-23(32)15-7-9-17(10-8-15)25(26,27)28/h4-14H,3H2,1-2H3,(H,30,32). The van der Waals surface area contributed by atoms with Gasteiger partial charge < -0.3 is 19.4 Å². The lowest BCUT2D eigenvalue weighted by molar-refractivity contribution is -0.137. The summed E-state index contributed by atoms with van der Waals surface area (Å²) in [6, 6.07) is 14.1. The van der Waals surface area contributed by atoms with Crippen molar-refractivity contribution >= 4 is 28.5 Å². The van der Waals surface area contributed by atoms with Gasteiger partial charge >= 0.3 is 12.1 Å². The van der Waals surface area contributed by atoms with Gasteiger partial charge in [0.2, 0.25) is 5.88 Å². The second-order valence-corrected chi connectivity index (χ2v) is 7.52. The second-order valence-electron chi connectivity index (χ2n) is 7.52. The molecule has 4 rings (SSSR count). The number of hydrogen-bond donors (Lipinski definition) is 1. The number of para-hydroxylation sites is 1. The minimum atomic E-state index is -4.47. The van der Waals surface area contributed by atoms with E-state index in [0.29, 0.717) is 22.6 Å². The fraction of sp³-hybridized carbons (Fsp3) is 0.160. The number of hydrogen-bond acceptors (Lipinski definition) is 5. The first-order valence-electron chi connectivity index (χ1n) is 10.6. The van der Waals surface area contributed by atoms with Crippen LogP contribution in [-0.2, 0) is 18.0 Å². The van der Waals surface area contributed by atoms with Gasteiger partial charge in [0.1, 0.15) is 5.69 Å². The van der Waals surface area contributed by atoms with Crippen LogP contribution in [0.1, 0.15) is 33.3 Å². The molecule has 1 N–H and O–H groups in total. The van der Waals surface area contributed by atoms with E-state index in [1.54, 1.807) is 42.8 Å². The smallest absolute Gasteiger partial charge is 0.416 e. The Bertz CT molecular complexity index is 1380. The average molecular weight is 483 g/mol. The van der Waals surface area contributed by atoms with Gasteiger partial charge in [0.05, 0.1) is 29.6 Å². The molecule has 180 valence electrons. The van der Waals surface area contributed by atoms with Crippen molar-refractivity contribution in [2.75, 3.05) is 11.9 Å². The van der Waals surface area contributed by atoms with Crippen molar-refractivity contribution in [2.24, 2.45) is 7.05 Å². The Morgan fingerprint density at radius 2 is 1.80 bits per heavy atom. The molecule has 0 saturated heterocycles. The number of carbonyl (C=O) groups excluding carboxylic acids is 2. The minimum Gasteiger partial charge on any atom is -0.461 e. The average Bonchev–Trinajstić information content (AvgIpc) is 3.17. The number of nitrogens with zero attached hydrogens (tertiary/aromatic N) is 2. The third kappa shape index (κ3) is 5.11. The SMILES string of the molecule is CCOC(=O)c1cc2cccc(Oc3ccc(NC(=O)c4ccc(C(F)(F)F)cc4)cn3)c2n1C. The van der Waals surface area contributed by atoms with Crippen molar-refractivity contribution < 1.29 is 32.2 Å². The summed E-state index contributed by atoms with van der Waals surface area (Å²) in [5, 5.41) is 3.37. The third-order valence-corrected chi connectivity index (χ3v) is 5.19. The molecule has 4 aromatic rings. The van der Waals surface area contributed by atoms with Gasteiger partial charge in [-0.15, -0.1) is 0 Å². The van der Waals surface area contributed by atoms with Gasteiger partial charge in [-0.1, -0.05) is 12.1 Å². The Labute approximate surface area is 198 Å². The number of ether oxygens (including phenoxy) is 2. The van der Waals surface area contributed by atoms with E-state index in [1.165, 1.54) is 12.3 Å². The molecule has 2 aromatic carbocycles. The maximum absolute atomic E-state index is 12.7. The summed E-state index contributed by atoms with van der Waals surface area (Å²) in [5.74, 6) is -0.309. The quantitative estimate of drug-likeness (QED) is 0.350. The van der Waals surface area contributed by atoms with Crippen LogP contribution in [-0.4, -0.2) is 28.0 Å². The van der Waals surface area contributed by atoms with Crippen LogP contribution in [0.5, 0.6) is 11.6 Å². The van der Waals surface area contributed by atoms with Gasteiger partial charge in [0.15, 0.2) is 5.75 Å². The second kappa shape index (κ2) is 9.49. The molecular formula is C25H20F3N3O4. The highest BCUT2D eigenvalue weighted by molar-refractivity contribution is 6.04. The lowest BCUT2D eigenvalue weighted by atomic mass is 10.1. The maximum Gasteiger partial charge on any atom is 0.416 e. The molecule has 0 saturated carbocycles. The number of fused-ring (bicyclic) bond motifs is 1. The van der Waals surface area contributed by atoms with Gasteiger partial charge in [-0.2, -0.15) is 13.2 Å². The normalized spacial score (nSPS) is 11.3. The number of rotatable bonds is 6. The summed E-state index contributed by atoms with van der Waals surface area (Å²) < 4.78 is 50.8. The van der Waals surface area contributed by atoms with Crippen molar-refractivity contribution in [3.63, 3.8) is 0 Å². The van der Waals surface area contributed by atoms with Gasteiger partial charge in [-0.05, 0) is 49.4 Å². The molecule has 2 heterocycles. The number of amides is 1. The Hall–Kier alpha value is -4.34. The molecule has 0 radical (unpaired) electrons. The van der Waals surface area contributed by atoms with Gasteiger partial charge in [0, 0.05) is 24.1 Å². The van der Waals surface area contributed by atoms with Crippen LogP contribution in [0.4, 0.5) is 18.9 Å². The van der Waals surface area contributed by atoms with Crippen molar-refractivity contribution in [1.82, 2.24) is 9.55 Å². The number of halogens is 3. The molecular weight excluding hydrogens is 463 g/mol. The number of anilines is 1. The Morgan fingerprint density at radius 3 is 2.43 bits per heavy atom. The number of aromatic nitrogens is 2. The van der Waals surface area contributed by atoms with E-state index in [4.69, 9.17) is 9.47 Å². The summed E-state index contributed by atoms with van der Waals surface area (Å²) in [6.07, 6.45) is -3.11. The molecule has 0 aliphatic heterocycles. The molecule has 0 unspecified atom stereocenters. The highest BCUT2D eigenvalue weighted by Crippen LogP contribution is 2.32. The topological polar surface area (TPSA) is 82.4 Å². The maximum atomic E-state index is 12.7. The Morgan fingerprint density at radius 1 is 1.06 bits per heavy atom. The summed E-state index contributed by atoms with van der Waals surface area (Å²) in [5.41, 5.74) is 0.638.